The Morgan fingerprint density at radius 3 is 2.55 bits per heavy atom. The van der Waals surface area contributed by atoms with E-state index >= 15 is 0 Å². The zero-order valence-corrected chi connectivity index (χ0v) is 14.1. The summed E-state index contributed by atoms with van der Waals surface area (Å²) in [5, 5.41) is 1.76. The minimum atomic E-state index is -3.51. The molecule has 0 aliphatic rings. The average Bonchev–Trinajstić information content (AvgIpc) is 2.88. The van der Waals surface area contributed by atoms with Crippen LogP contribution in [0.3, 0.4) is 0 Å². The second-order valence-corrected chi connectivity index (χ2v) is 8.14. The molecule has 3 N–H and O–H groups in total. The molecule has 0 amide bonds. The standard InChI is InChI=1S/C13H15BrN2O2S2/c1-9(11-2-4-12(14)5-3-11)16-20(17,18)13-6-10(7-15)8-19-13/h2-6,8-9,16H,7,15H2,1H3. The van der Waals surface area contributed by atoms with Gasteiger partial charge >= 0.3 is 0 Å². The fraction of sp³-hybridized carbons (Fsp3) is 0.231. The molecule has 1 atom stereocenters. The maximum absolute atomic E-state index is 12.3. The van der Waals surface area contributed by atoms with Crippen LogP contribution in [0.15, 0.2) is 44.4 Å². The highest BCUT2D eigenvalue weighted by Gasteiger charge is 2.20. The summed E-state index contributed by atoms with van der Waals surface area (Å²) >= 11 is 4.54. The maximum atomic E-state index is 12.3. The van der Waals surface area contributed by atoms with Crippen LogP contribution in [0.25, 0.3) is 0 Å². The number of hydrogen-bond donors (Lipinski definition) is 2. The van der Waals surface area contributed by atoms with Crippen molar-refractivity contribution in [3.05, 3.63) is 51.3 Å². The molecule has 4 nitrogen and oxygen atoms in total. The van der Waals surface area contributed by atoms with Gasteiger partial charge in [-0.05, 0) is 41.6 Å². The summed E-state index contributed by atoms with van der Waals surface area (Å²) in [7, 11) is -3.51. The molecule has 2 rings (SSSR count). The van der Waals surface area contributed by atoms with E-state index in [1.807, 2.05) is 31.2 Å². The summed E-state index contributed by atoms with van der Waals surface area (Å²) in [4.78, 5) is 0. The first-order valence-electron chi connectivity index (χ1n) is 5.97. The van der Waals surface area contributed by atoms with Gasteiger partial charge in [-0.15, -0.1) is 11.3 Å². The second kappa shape index (κ2) is 6.36. The largest absolute Gasteiger partial charge is 0.326 e. The third kappa shape index (κ3) is 3.67. The van der Waals surface area contributed by atoms with Crippen molar-refractivity contribution >= 4 is 37.3 Å². The summed E-state index contributed by atoms with van der Waals surface area (Å²) in [6.45, 7) is 2.16. The van der Waals surface area contributed by atoms with E-state index in [2.05, 4.69) is 20.7 Å². The number of nitrogens with two attached hydrogens (primary N) is 1. The molecule has 0 radical (unpaired) electrons. The van der Waals surface area contributed by atoms with Gasteiger partial charge < -0.3 is 5.73 Å². The zero-order valence-electron chi connectivity index (χ0n) is 10.8. The van der Waals surface area contributed by atoms with Crippen LogP contribution in [0.2, 0.25) is 0 Å². The Morgan fingerprint density at radius 2 is 2.00 bits per heavy atom. The second-order valence-electron chi connectivity index (χ2n) is 4.37. The van der Waals surface area contributed by atoms with Crippen LogP contribution in [0.5, 0.6) is 0 Å². The molecule has 0 aliphatic carbocycles. The molecule has 1 aromatic heterocycles. The molecular weight excluding hydrogens is 360 g/mol. The van der Waals surface area contributed by atoms with Crippen LogP contribution in [-0.2, 0) is 16.6 Å². The van der Waals surface area contributed by atoms with Crippen LogP contribution in [0.4, 0.5) is 0 Å². The topological polar surface area (TPSA) is 72.2 Å². The molecule has 1 aromatic carbocycles. The Labute approximate surface area is 131 Å². The van der Waals surface area contributed by atoms with E-state index in [9.17, 15) is 8.42 Å². The first-order chi connectivity index (χ1) is 9.42. The molecule has 0 saturated carbocycles. The van der Waals surface area contributed by atoms with Crippen LogP contribution in [0.1, 0.15) is 24.1 Å². The lowest BCUT2D eigenvalue weighted by atomic mass is 10.1. The van der Waals surface area contributed by atoms with E-state index < -0.39 is 10.0 Å². The zero-order chi connectivity index (χ0) is 14.8. The van der Waals surface area contributed by atoms with Crippen molar-refractivity contribution in [1.29, 1.82) is 0 Å². The highest BCUT2D eigenvalue weighted by molar-refractivity contribution is 9.10. The van der Waals surface area contributed by atoms with E-state index in [0.717, 1.165) is 15.6 Å². The normalized spacial score (nSPS) is 13.3. The third-order valence-electron chi connectivity index (χ3n) is 2.83. The molecule has 0 saturated heterocycles. The number of benzene rings is 1. The predicted octanol–water partition coefficient (Wildman–Crippen LogP) is 3.01. The van der Waals surface area contributed by atoms with Gasteiger partial charge in [0.2, 0.25) is 0 Å². The van der Waals surface area contributed by atoms with E-state index in [1.54, 1.807) is 11.4 Å². The van der Waals surface area contributed by atoms with E-state index in [-0.39, 0.29) is 6.04 Å². The van der Waals surface area contributed by atoms with Gasteiger partial charge in [0.05, 0.1) is 0 Å². The SMILES string of the molecule is CC(NS(=O)(=O)c1cc(CN)cs1)c1ccc(Br)cc1. The molecule has 1 heterocycles. The van der Waals surface area contributed by atoms with Gasteiger partial charge in [0.25, 0.3) is 10.0 Å². The van der Waals surface area contributed by atoms with Crippen LogP contribution >= 0.6 is 27.3 Å². The minimum absolute atomic E-state index is 0.293. The van der Waals surface area contributed by atoms with Gasteiger partial charge in [-0.3, -0.25) is 0 Å². The number of rotatable bonds is 5. The third-order valence-corrected chi connectivity index (χ3v) is 6.39. The minimum Gasteiger partial charge on any atom is -0.326 e. The Morgan fingerprint density at radius 1 is 1.35 bits per heavy atom. The predicted molar refractivity (Wildman–Crippen MR) is 85.1 cm³/mol. The summed E-state index contributed by atoms with van der Waals surface area (Å²) < 4.78 is 28.4. The summed E-state index contributed by atoms with van der Waals surface area (Å²) in [6.07, 6.45) is 0. The molecule has 0 aliphatic heterocycles. The number of sulfonamides is 1. The Balaban J connectivity index is 2.17. The Bertz CT molecular complexity index is 681. The Hall–Kier alpha value is -0.730. The van der Waals surface area contributed by atoms with Gasteiger partial charge in [0.1, 0.15) is 4.21 Å². The van der Waals surface area contributed by atoms with Gasteiger partial charge in [-0.25, -0.2) is 13.1 Å². The monoisotopic (exact) mass is 374 g/mol. The van der Waals surface area contributed by atoms with Crippen molar-refractivity contribution in [2.75, 3.05) is 0 Å². The lowest BCUT2D eigenvalue weighted by Crippen LogP contribution is -2.26. The number of nitrogens with one attached hydrogen (secondary N) is 1. The van der Waals surface area contributed by atoms with Crippen molar-refractivity contribution < 1.29 is 8.42 Å². The average molecular weight is 375 g/mol. The fourth-order valence-electron chi connectivity index (χ4n) is 1.71. The van der Waals surface area contributed by atoms with Gasteiger partial charge in [-0.2, -0.15) is 0 Å². The summed E-state index contributed by atoms with van der Waals surface area (Å²) in [5.41, 5.74) is 7.24. The molecule has 0 spiro atoms. The van der Waals surface area contributed by atoms with E-state index in [1.165, 1.54) is 11.3 Å². The van der Waals surface area contributed by atoms with Gasteiger partial charge in [-0.1, -0.05) is 28.1 Å². The van der Waals surface area contributed by atoms with Gasteiger partial charge in [0, 0.05) is 17.1 Å². The number of hydrogen-bond acceptors (Lipinski definition) is 4. The summed E-state index contributed by atoms with van der Waals surface area (Å²) in [6, 6.07) is 8.86. The van der Waals surface area contributed by atoms with E-state index in [0.29, 0.717) is 10.8 Å². The van der Waals surface area contributed by atoms with E-state index in [4.69, 9.17) is 5.73 Å². The molecular formula is C13H15BrN2O2S2. The molecule has 2 aromatic rings. The van der Waals surface area contributed by atoms with Crippen molar-refractivity contribution in [2.24, 2.45) is 5.73 Å². The van der Waals surface area contributed by atoms with Crippen molar-refractivity contribution in [3.63, 3.8) is 0 Å². The summed E-state index contributed by atoms with van der Waals surface area (Å²) in [5.74, 6) is 0. The van der Waals surface area contributed by atoms with Crippen molar-refractivity contribution in [1.82, 2.24) is 4.72 Å². The molecule has 7 heteroatoms. The molecule has 20 heavy (non-hydrogen) atoms. The van der Waals surface area contributed by atoms with Gasteiger partial charge in [0.15, 0.2) is 0 Å². The van der Waals surface area contributed by atoms with Crippen molar-refractivity contribution in [2.45, 2.75) is 23.7 Å². The highest BCUT2D eigenvalue weighted by atomic mass is 79.9. The quantitative estimate of drug-likeness (QED) is 0.844. The number of halogens is 1. The highest BCUT2D eigenvalue weighted by Crippen LogP contribution is 2.23. The molecule has 108 valence electrons. The lowest BCUT2D eigenvalue weighted by molar-refractivity contribution is 0.569. The maximum Gasteiger partial charge on any atom is 0.250 e. The number of thiophene rings is 1. The molecule has 0 bridgehead atoms. The molecule has 0 fully saturated rings. The lowest BCUT2D eigenvalue weighted by Gasteiger charge is -2.13. The smallest absolute Gasteiger partial charge is 0.250 e. The van der Waals surface area contributed by atoms with Crippen LogP contribution < -0.4 is 10.5 Å². The first kappa shape index (κ1) is 15.7. The van der Waals surface area contributed by atoms with Crippen LogP contribution in [-0.4, -0.2) is 8.42 Å². The fourth-order valence-corrected chi connectivity index (χ4v) is 4.45. The Kier molecular flexibility index (Phi) is 4.98. The van der Waals surface area contributed by atoms with Crippen LogP contribution in [0, 0.1) is 0 Å². The van der Waals surface area contributed by atoms with Crippen molar-refractivity contribution in [3.8, 4) is 0 Å². The first-order valence-corrected chi connectivity index (χ1v) is 9.13. The molecule has 1 unspecified atom stereocenters.